The minimum atomic E-state index is 1.17. The molecule has 2 nitrogen and oxygen atoms in total. The van der Waals surface area contributed by atoms with Crippen molar-refractivity contribution in [2.24, 2.45) is 0 Å². The summed E-state index contributed by atoms with van der Waals surface area (Å²) in [7, 11) is 0. The smallest absolute Gasteiger partial charge is 0.112 e. The number of hydrogen-bond acceptors (Lipinski definition) is 2. The zero-order valence-electron chi connectivity index (χ0n) is 13.3. The van der Waals surface area contributed by atoms with E-state index in [0.717, 1.165) is 0 Å². The molecule has 2 aromatic rings. The summed E-state index contributed by atoms with van der Waals surface area (Å²) in [5.74, 6) is 0. The number of nitrogens with zero attached hydrogens (tertiary/aromatic N) is 1. The van der Waals surface area contributed by atoms with Gasteiger partial charge in [-0.15, -0.1) is 11.3 Å². The van der Waals surface area contributed by atoms with Crippen LogP contribution in [0.25, 0.3) is 0 Å². The van der Waals surface area contributed by atoms with E-state index in [1.54, 1.807) is 9.78 Å². The third-order valence-corrected chi connectivity index (χ3v) is 5.58. The number of hydrogen-bond donors (Lipinski definition) is 1. The van der Waals surface area contributed by atoms with Crippen molar-refractivity contribution >= 4 is 17.0 Å². The van der Waals surface area contributed by atoms with Crippen molar-refractivity contribution < 1.29 is 4.90 Å². The van der Waals surface area contributed by atoms with Crippen molar-refractivity contribution in [2.75, 3.05) is 31.1 Å². The minimum absolute atomic E-state index is 1.17. The van der Waals surface area contributed by atoms with Crippen LogP contribution >= 0.6 is 11.3 Å². The molecule has 3 heteroatoms. The normalized spacial score (nSPS) is 16.4. The number of benzene rings is 1. The molecule has 1 saturated heterocycles. The van der Waals surface area contributed by atoms with Crippen LogP contribution in [-0.2, 0) is 6.54 Å². The molecule has 0 radical (unpaired) electrons. The summed E-state index contributed by atoms with van der Waals surface area (Å²) in [6, 6.07) is 9.04. The van der Waals surface area contributed by atoms with Crippen molar-refractivity contribution in [1.29, 1.82) is 0 Å². The van der Waals surface area contributed by atoms with Gasteiger partial charge in [-0.25, -0.2) is 0 Å². The standard InChI is InChI=1S/C18H24N2S/c1-14-4-5-15(2)17(12-14)20-9-7-19(8-10-20)13-18-16(3)6-11-21-18/h4-6,11-12H,7-10,13H2,1-3H3/p+1. The molecule has 0 bridgehead atoms. The predicted molar refractivity (Wildman–Crippen MR) is 91.6 cm³/mol. The Morgan fingerprint density at radius 2 is 1.81 bits per heavy atom. The van der Waals surface area contributed by atoms with E-state index in [4.69, 9.17) is 0 Å². The first-order valence-corrected chi connectivity index (χ1v) is 8.70. The largest absolute Gasteiger partial charge is 0.360 e. The maximum Gasteiger partial charge on any atom is 0.112 e. The Kier molecular flexibility index (Phi) is 4.32. The zero-order valence-corrected chi connectivity index (χ0v) is 14.1. The first kappa shape index (κ1) is 14.6. The van der Waals surface area contributed by atoms with E-state index < -0.39 is 0 Å². The molecule has 1 fully saturated rings. The highest BCUT2D eigenvalue weighted by molar-refractivity contribution is 7.10. The Hall–Kier alpha value is -1.32. The molecule has 0 atom stereocenters. The summed E-state index contributed by atoms with van der Waals surface area (Å²) in [6.07, 6.45) is 0. The second-order valence-electron chi connectivity index (χ2n) is 6.23. The maximum absolute atomic E-state index is 2.56. The van der Waals surface area contributed by atoms with E-state index >= 15 is 0 Å². The molecule has 0 spiro atoms. The lowest BCUT2D eigenvalue weighted by atomic mass is 10.1. The molecular formula is C18H25N2S+. The van der Waals surface area contributed by atoms with Crippen molar-refractivity contribution in [3.8, 4) is 0 Å². The van der Waals surface area contributed by atoms with Crippen molar-refractivity contribution in [2.45, 2.75) is 27.3 Å². The van der Waals surface area contributed by atoms with Crippen LogP contribution in [0.15, 0.2) is 29.6 Å². The number of piperazine rings is 1. The van der Waals surface area contributed by atoms with Gasteiger partial charge in [-0.1, -0.05) is 12.1 Å². The SMILES string of the molecule is Cc1ccc(C)c(N2CC[NH+](Cc3sccc3C)CC2)c1. The van der Waals surface area contributed by atoms with Crippen LogP contribution in [0.1, 0.15) is 21.6 Å². The second-order valence-corrected chi connectivity index (χ2v) is 7.23. The number of rotatable bonds is 3. The summed E-state index contributed by atoms with van der Waals surface area (Å²) in [6.45, 7) is 12.7. The molecule has 1 aliphatic heterocycles. The van der Waals surface area contributed by atoms with E-state index in [0.29, 0.717) is 0 Å². The van der Waals surface area contributed by atoms with Crippen LogP contribution in [0.5, 0.6) is 0 Å². The average molecular weight is 301 g/mol. The molecule has 0 aliphatic carbocycles. The molecule has 0 saturated carbocycles. The Balaban J connectivity index is 1.62. The van der Waals surface area contributed by atoms with Crippen LogP contribution in [0, 0.1) is 20.8 Å². The third kappa shape index (κ3) is 3.30. The average Bonchev–Trinajstić information content (AvgIpc) is 2.88. The topological polar surface area (TPSA) is 7.68 Å². The molecule has 1 aromatic heterocycles. The third-order valence-electron chi connectivity index (χ3n) is 4.55. The van der Waals surface area contributed by atoms with Gasteiger partial charge in [0.15, 0.2) is 0 Å². The van der Waals surface area contributed by atoms with Crippen LogP contribution in [-0.4, -0.2) is 26.2 Å². The molecule has 1 aromatic carbocycles. The fourth-order valence-corrected chi connectivity index (χ4v) is 4.09. The van der Waals surface area contributed by atoms with Gasteiger partial charge in [0.05, 0.1) is 31.1 Å². The Morgan fingerprint density at radius 3 is 2.48 bits per heavy atom. The van der Waals surface area contributed by atoms with E-state index in [2.05, 4.69) is 55.3 Å². The first-order chi connectivity index (χ1) is 10.1. The minimum Gasteiger partial charge on any atom is -0.360 e. The molecule has 2 heterocycles. The van der Waals surface area contributed by atoms with E-state index in [-0.39, 0.29) is 0 Å². The monoisotopic (exact) mass is 301 g/mol. The van der Waals surface area contributed by atoms with Gasteiger partial charge in [-0.2, -0.15) is 0 Å². The summed E-state index contributed by atoms with van der Waals surface area (Å²) in [4.78, 5) is 5.85. The maximum atomic E-state index is 2.56. The van der Waals surface area contributed by atoms with E-state index in [1.165, 1.54) is 55.1 Å². The van der Waals surface area contributed by atoms with Gasteiger partial charge < -0.3 is 9.80 Å². The molecule has 1 aliphatic rings. The number of nitrogens with one attached hydrogen (secondary N) is 1. The number of aryl methyl sites for hydroxylation is 3. The molecule has 21 heavy (non-hydrogen) atoms. The van der Waals surface area contributed by atoms with Crippen molar-refractivity contribution in [1.82, 2.24) is 0 Å². The fraction of sp³-hybridized carbons (Fsp3) is 0.444. The van der Waals surface area contributed by atoms with Gasteiger partial charge in [-0.3, -0.25) is 0 Å². The van der Waals surface area contributed by atoms with Crippen molar-refractivity contribution in [3.05, 3.63) is 51.2 Å². The molecular weight excluding hydrogens is 276 g/mol. The Bertz CT molecular complexity index is 609. The molecule has 0 amide bonds. The van der Waals surface area contributed by atoms with Gasteiger partial charge in [0.25, 0.3) is 0 Å². The summed E-state index contributed by atoms with van der Waals surface area (Å²) in [5.41, 5.74) is 5.66. The summed E-state index contributed by atoms with van der Waals surface area (Å²) in [5, 5.41) is 2.22. The lowest BCUT2D eigenvalue weighted by molar-refractivity contribution is -0.914. The Labute approximate surface area is 132 Å². The molecule has 0 unspecified atom stereocenters. The van der Waals surface area contributed by atoms with Crippen molar-refractivity contribution in [3.63, 3.8) is 0 Å². The van der Waals surface area contributed by atoms with Gasteiger partial charge in [0, 0.05) is 5.69 Å². The van der Waals surface area contributed by atoms with Gasteiger partial charge in [0.2, 0.25) is 0 Å². The number of thiophene rings is 1. The quantitative estimate of drug-likeness (QED) is 0.915. The Morgan fingerprint density at radius 1 is 1.05 bits per heavy atom. The summed E-state index contributed by atoms with van der Waals surface area (Å²) >= 11 is 1.91. The molecule has 1 N–H and O–H groups in total. The van der Waals surface area contributed by atoms with Gasteiger partial charge in [0.1, 0.15) is 6.54 Å². The second kappa shape index (κ2) is 6.20. The van der Waals surface area contributed by atoms with Gasteiger partial charge >= 0.3 is 0 Å². The number of quaternary nitrogens is 1. The van der Waals surface area contributed by atoms with E-state index in [9.17, 15) is 0 Å². The summed E-state index contributed by atoms with van der Waals surface area (Å²) < 4.78 is 0. The molecule has 112 valence electrons. The van der Waals surface area contributed by atoms with Crippen LogP contribution in [0.2, 0.25) is 0 Å². The van der Waals surface area contributed by atoms with Gasteiger partial charge in [-0.05, 0) is 55.0 Å². The predicted octanol–water partition coefficient (Wildman–Crippen LogP) is 2.58. The fourth-order valence-electron chi connectivity index (χ4n) is 3.11. The number of anilines is 1. The lowest BCUT2D eigenvalue weighted by Gasteiger charge is -2.34. The highest BCUT2D eigenvalue weighted by Gasteiger charge is 2.22. The molecule has 3 rings (SSSR count). The lowest BCUT2D eigenvalue weighted by Crippen LogP contribution is -3.13. The first-order valence-electron chi connectivity index (χ1n) is 7.82. The highest BCUT2D eigenvalue weighted by atomic mass is 32.1. The van der Waals surface area contributed by atoms with E-state index in [1.807, 2.05) is 11.3 Å². The van der Waals surface area contributed by atoms with Crippen LogP contribution in [0.3, 0.4) is 0 Å². The van der Waals surface area contributed by atoms with Crippen LogP contribution < -0.4 is 9.80 Å². The van der Waals surface area contributed by atoms with Crippen LogP contribution in [0.4, 0.5) is 5.69 Å². The zero-order chi connectivity index (χ0) is 14.8. The highest BCUT2D eigenvalue weighted by Crippen LogP contribution is 2.21.